The Morgan fingerprint density at radius 1 is 1.18 bits per heavy atom. The number of benzene rings is 1. The molecule has 1 aromatic rings. The molecule has 0 radical (unpaired) electrons. The summed E-state index contributed by atoms with van der Waals surface area (Å²) < 4.78 is 11.2. The highest BCUT2D eigenvalue weighted by molar-refractivity contribution is 6.04. The summed E-state index contributed by atoms with van der Waals surface area (Å²) in [6, 6.07) is 7.63. The van der Waals surface area contributed by atoms with Gasteiger partial charge in [0.15, 0.2) is 5.78 Å². The van der Waals surface area contributed by atoms with Gasteiger partial charge in [0.05, 0.1) is 24.7 Å². The summed E-state index contributed by atoms with van der Waals surface area (Å²) >= 11 is 0. The van der Waals surface area contributed by atoms with Crippen LogP contribution in [0.3, 0.4) is 0 Å². The fourth-order valence-corrected chi connectivity index (χ4v) is 4.23. The second-order valence-electron chi connectivity index (χ2n) is 8.12. The Labute approximate surface area is 166 Å². The standard InChI is InChI=1S/C23H29NO4/c1-6-27-18-11-9-8-10-15(18)20-19(22(26)28-7-2)14(3)24-16-12-23(4,5)13-17(25)21(16)20/h8-11,20,24H,6-7,12-13H2,1-5H3/t20-/m0/s1. The van der Waals surface area contributed by atoms with Crippen molar-refractivity contribution in [1.29, 1.82) is 0 Å². The molecule has 1 heterocycles. The van der Waals surface area contributed by atoms with Crippen molar-refractivity contribution >= 4 is 11.8 Å². The topological polar surface area (TPSA) is 64.6 Å². The molecule has 28 heavy (non-hydrogen) atoms. The summed E-state index contributed by atoms with van der Waals surface area (Å²) in [7, 11) is 0. The van der Waals surface area contributed by atoms with E-state index in [0.717, 1.165) is 23.4 Å². The molecular formula is C23H29NO4. The van der Waals surface area contributed by atoms with Crippen LogP contribution >= 0.6 is 0 Å². The van der Waals surface area contributed by atoms with Gasteiger partial charge in [-0.25, -0.2) is 4.79 Å². The van der Waals surface area contributed by atoms with Gasteiger partial charge < -0.3 is 14.8 Å². The average Bonchev–Trinajstić information content (AvgIpc) is 2.60. The summed E-state index contributed by atoms with van der Waals surface area (Å²) in [6.45, 7) is 10.6. The van der Waals surface area contributed by atoms with E-state index < -0.39 is 11.9 Å². The fourth-order valence-electron chi connectivity index (χ4n) is 4.23. The smallest absolute Gasteiger partial charge is 0.336 e. The molecule has 1 aliphatic carbocycles. The van der Waals surface area contributed by atoms with Gasteiger partial charge in [-0.1, -0.05) is 32.0 Å². The molecule has 1 N–H and O–H groups in total. The van der Waals surface area contributed by atoms with Crippen molar-refractivity contribution < 1.29 is 19.1 Å². The minimum atomic E-state index is -0.485. The third kappa shape index (κ3) is 3.71. The number of rotatable bonds is 5. The average molecular weight is 383 g/mol. The molecule has 0 saturated carbocycles. The van der Waals surface area contributed by atoms with Gasteiger partial charge in [-0.05, 0) is 38.7 Å². The van der Waals surface area contributed by atoms with E-state index in [1.54, 1.807) is 6.92 Å². The van der Waals surface area contributed by atoms with Crippen molar-refractivity contribution in [2.45, 2.75) is 53.4 Å². The number of para-hydroxylation sites is 1. The zero-order valence-corrected chi connectivity index (χ0v) is 17.3. The van der Waals surface area contributed by atoms with Crippen molar-refractivity contribution in [3.63, 3.8) is 0 Å². The first-order valence-electron chi connectivity index (χ1n) is 9.92. The van der Waals surface area contributed by atoms with Crippen LogP contribution in [0, 0.1) is 5.41 Å². The minimum Gasteiger partial charge on any atom is -0.494 e. The molecule has 0 spiro atoms. The van der Waals surface area contributed by atoms with E-state index in [2.05, 4.69) is 19.2 Å². The number of allylic oxidation sites excluding steroid dienone is 3. The van der Waals surface area contributed by atoms with Crippen LogP contribution in [-0.4, -0.2) is 25.0 Å². The summed E-state index contributed by atoms with van der Waals surface area (Å²) in [5, 5.41) is 3.34. The summed E-state index contributed by atoms with van der Waals surface area (Å²) in [5.74, 6) is -0.116. The van der Waals surface area contributed by atoms with Gasteiger partial charge in [0.1, 0.15) is 5.75 Å². The molecule has 0 unspecified atom stereocenters. The molecule has 0 bridgehead atoms. The minimum absolute atomic E-state index is 0.0735. The maximum absolute atomic E-state index is 13.2. The number of ether oxygens (including phenoxy) is 2. The van der Waals surface area contributed by atoms with E-state index >= 15 is 0 Å². The van der Waals surface area contributed by atoms with Gasteiger partial charge in [0, 0.05) is 29.0 Å². The molecule has 0 aromatic heterocycles. The van der Waals surface area contributed by atoms with Crippen LogP contribution in [0.25, 0.3) is 0 Å². The predicted molar refractivity (Wildman–Crippen MR) is 108 cm³/mol. The molecule has 1 aromatic carbocycles. The molecule has 1 atom stereocenters. The van der Waals surface area contributed by atoms with Crippen LogP contribution in [-0.2, 0) is 14.3 Å². The van der Waals surface area contributed by atoms with E-state index in [-0.39, 0.29) is 17.8 Å². The van der Waals surface area contributed by atoms with E-state index in [1.165, 1.54) is 0 Å². The molecule has 0 fully saturated rings. The normalized spacial score (nSPS) is 21.2. The second-order valence-corrected chi connectivity index (χ2v) is 8.12. The third-order valence-corrected chi connectivity index (χ3v) is 5.26. The quantitative estimate of drug-likeness (QED) is 0.770. The van der Waals surface area contributed by atoms with Crippen LogP contribution in [0.2, 0.25) is 0 Å². The first-order chi connectivity index (χ1) is 13.3. The van der Waals surface area contributed by atoms with Crippen molar-refractivity contribution in [3.05, 3.63) is 52.4 Å². The Balaban J connectivity index is 2.21. The highest BCUT2D eigenvalue weighted by Gasteiger charge is 2.43. The lowest BCUT2D eigenvalue weighted by atomic mass is 9.68. The van der Waals surface area contributed by atoms with E-state index in [4.69, 9.17) is 9.47 Å². The number of ketones is 1. The number of dihydropyridines is 1. The van der Waals surface area contributed by atoms with Crippen molar-refractivity contribution in [2.24, 2.45) is 5.41 Å². The van der Waals surface area contributed by atoms with E-state index in [1.807, 2.05) is 38.1 Å². The van der Waals surface area contributed by atoms with Gasteiger partial charge in [0.25, 0.3) is 0 Å². The Kier molecular flexibility index (Phi) is 5.64. The van der Waals surface area contributed by atoms with Gasteiger partial charge >= 0.3 is 5.97 Å². The maximum Gasteiger partial charge on any atom is 0.336 e. The van der Waals surface area contributed by atoms with Gasteiger partial charge in [-0.15, -0.1) is 0 Å². The van der Waals surface area contributed by atoms with Crippen LogP contribution < -0.4 is 10.1 Å². The van der Waals surface area contributed by atoms with Crippen LogP contribution in [0.1, 0.15) is 58.9 Å². The zero-order valence-electron chi connectivity index (χ0n) is 17.3. The first kappa shape index (κ1) is 20.2. The molecule has 2 aliphatic rings. The molecular weight excluding hydrogens is 354 g/mol. The van der Waals surface area contributed by atoms with Gasteiger partial charge in [-0.3, -0.25) is 4.79 Å². The zero-order chi connectivity index (χ0) is 20.5. The Morgan fingerprint density at radius 3 is 2.57 bits per heavy atom. The van der Waals surface area contributed by atoms with E-state index in [0.29, 0.717) is 29.9 Å². The largest absolute Gasteiger partial charge is 0.494 e. The number of hydrogen-bond donors (Lipinski definition) is 1. The Bertz CT molecular complexity index is 863. The number of hydrogen-bond acceptors (Lipinski definition) is 5. The molecule has 5 nitrogen and oxygen atoms in total. The number of Topliss-reactive ketones (excluding diaryl/α,β-unsaturated/α-hetero) is 1. The number of esters is 1. The summed E-state index contributed by atoms with van der Waals surface area (Å²) in [4.78, 5) is 26.1. The SMILES string of the molecule is CCOC(=O)C1=C(C)NC2=C(C(=O)CC(C)(C)C2)[C@H]1c1ccccc1OCC. The summed E-state index contributed by atoms with van der Waals surface area (Å²) in [6.07, 6.45) is 1.21. The van der Waals surface area contributed by atoms with Crippen molar-refractivity contribution in [2.75, 3.05) is 13.2 Å². The molecule has 1 aliphatic heterocycles. The van der Waals surface area contributed by atoms with Gasteiger partial charge in [0.2, 0.25) is 0 Å². The van der Waals surface area contributed by atoms with Crippen molar-refractivity contribution in [3.8, 4) is 5.75 Å². The van der Waals surface area contributed by atoms with Gasteiger partial charge in [-0.2, -0.15) is 0 Å². The monoisotopic (exact) mass is 383 g/mol. The molecule has 0 amide bonds. The lowest BCUT2D eigenvalue weighted by molar-refractivity contribution is -0.138. The third-order valence-electron chi connectivity index (χ3n) is 5.26. The Hall–Kier alpha value is -2.56. The molecule has 3 rings (SSSR count). The second kappa shape index (κ2) is 7.82. The lowest BCUT2D eigenvalue weighted by Gasteiger charge is -2.39. The highest BCUT2D eigenvalue weighted by atomic mass is 16.5. The predicted octanol–water partition coefficient (Wildman–Crippen LogP) is 4.25. The maximum atomic E-state index is 13.2. The Morgan fingerprint density at radius 2 is 1.89 bits per heavy atom. The number of nitrogens with one attached hydrogen (secondary N) is 1. The van der Waals surface area contributed by atoms with Crippen LogP contribution in [0.4, 0.5) is 0 Å². The summed E-state index contributed by atoms with van der Waals surface area (Å²) in [5.41, 5.74) is 3.51. The molecule has 5 heteroatoms. The first-order valence-corrected chi connectivity index (χ1v) is 9.92. The van der Waals surface area contributed by atoms with Crippen LogP contribution in [0.5, 0.6) is 5.75 Å². The molecule has 0 saturated heterocycles. The number of carbonyl (C=O) groups excluding carboxylic acids is 2. The molecule has 150 valence electrons. The van der Waals surface area contributed by atoms with Crippen molar-refractivity contribution in [1.82, 2.24) is 5.32 Å². The van der Waals surface area contributed by atoms with E-state index in [9.17, 15) is 9.59 Å². The van der Waals surface area contributed by atoms with Crippen LogP contribution in [0.15, 0.2) is 46.8 Å². The number of carbonyl (C=O) groups is 2. The highest BCUT2D eigenvalue weighted by Crippen LogP contribution is 2.48. The fraction of sp³-hybridized carbons (Fsp3) is 0.478. The lowest BCUT2D eigenvalue weighted by Crippen LogP contribution is -2.38.